The summed E-state index contributed by atoms with van der Waals surface area (Å²) in [5, 5.41) is 1.76. The molecule has 2 aliphatic rings. The van der Waals surface area contributed by atoms with Crippen molar-refractivity contribution >= 4 is 11.8 Å². The highest BCUT2D eigenvalue weighted by atomic mass is 16.7. The van der Waals surface area contributed by atoms with Crippen molar-refractivity contribution in [3.05, 3.63) is 0 Å². The molecular weight excluding hydrogens is 198 g/mol. The van der Waals surface area contributed by atoms with Crippen molar-refractivity contribution in [3.63, 3.8) is 0 Å². The van der Waals surface area contributed by atoms with Gasteiger partial charge in [0, 0.05) is 12.6 Å². The third-order valence-corrected chi connectivity index (χ3v) is 3.14. The number of carbonyl (C=O) groups is 2. The summed E-state index contributed by atoms with van der Waals surface area (Å²) in [5.41, 5.74) is 0. The molecule has 84 valence electrons. The maximum atomic E-state index is 11.5. The number of nitrogens with zero attached hydrogens (tertiary/aromatic N) is 1. The fourth-order valence-electron chi connectivity index (χ4n) is 2.46. The van der Waals surface area contributed by atoms with E-state index in [0.29, 0.717) is 0 Å². The van der Waals surface area contributed by atoms with Crippen molar-refractivity contribution in [2.24, 2.45) is 5.92 Å². The predicted molar refractivity (Wildman–Crippen MR) is 50.8 cm³/mol. The molecule has 5 nitrogen and oxygen atoms in total. The van der Waals surface area contributed by atoms with Crippen LogP contribution in [-0.4, -0.2) is 42.6 Å². The Morgan fingerprint density at radius 2 is 2.20 bits per heavy atom. The van der Waals surface area contributed by atoms with E-state index in [1.54, 1.807) is 5.06 Å². The first-order valence-corrected chi connectivity index (χ1v) is 5.17. The minimum Gasteiger partial charge on any atom is -0.467 e. The summed E-state index contributed by atoms with van der Waals surface area (Å²) in [6.07, 6.45) is 1.19. The Morgan fingerprint density at radius 1 is 1.47 bits per heavy atom. The van der Waals surface area contributed by atoms with Crippen LogP contribution in [0, 0.1) is 5.92 Å². The topological polar surface area (TPSA) is 55.8 Å². The van der Waals surface area contributed by atoms with E-state index in [0.717, 1.165) is 19.4 Å². The normalized spacial score (nSPS) is 35.2. The fourth-order valence-corrected chi connectivity index (χ4v) is 2.46. The Bertz CT molecular complexity index is 291. The van der Waals surface area contributed by atoms with E-state index < -0.39 is 12.1 Å². The highest BCUT2D eigenvalue weighted by molar-refractivity contribution is 5.87. The largest absolute Gasteiger partial charge is 0.467 e. The number of methoxy groups -OCH3 is 1. The standard InChI is InChI=1S/C10H15NO4/c1-6(12)8-7-4-3-5-11(7)15-9(8)10(13)14-2/h7-9H,3-5H2,1-2H3/t7-,8-,9-/m1/s1. The van der Waals surface area contributed by atoms with E-state index in [2.05, 4.69) is 4.74 Å². The van der Waals surface area contributed by atoms with Crippen LogP contribution in [0.4, 0.5) is 0 Å². The molecule has 0 aromatic rings. The highest BCUT2D eigenvalue weighted by Gasteiger charge is 2.51. The predicted octanol–water partition coefficient (Wildman–Crippen LogP) is 0.143. The molecular formula is C10H15NO4. The maximum Gasteiger partial charge on any atom is 0.337 e. The lowest BCUT2D eigenvalue weighted by atomic mass is 9.90. The molecule has 0 N–H and O–H groups in total. The molecule has 0 radical (unpaired) electrons. The summed E-state index contributed by atoms with van der Waals surface area (Å²) in [7, 11) is 1.31. The Hall–Kier alpha value is -0.940. The van der Waals surface area contributed by atoms with Crippen LogP contribution in [0.2, 0.25) is 0 Å². The zero-order valence-corrected chi connectivity index (χ0v) is 8.93. The second-order valence-electron chi connectivity index (χ2n) is 4.04. The van der Waals surface area contributed by atoms with Crippen LogP contribution in [0.1, 0.15) is 19.8 Å². The summed E-state index contributed by atoms with van der Waals surface area (Å²) >= 11 is 0. The molecule has 2 heterocycles. The first-order valence-electron chi connectivity index (χ1n) is 5.17. The number of esters is 1. The van der Waals surface area contributed by atoms with E-state index in [1.807, 2.05) is 0 Å². The molecule has 0 unspecified atom stereocenters. The lowest BCUT2D eigenvalue weighted by Crippen LogP contribution is -2.36. The third-order valence-electron chi connectivity index (χ3n) is 3.14. The van der Waals surface area contributed by atoms with Crippen LogP contribution >= 0.6 is 0 Å². The Balaban J connectivity index is 2.19. The molecule has 0 aromatic carbocycles. The maximum absolute atomic E-state index is 11.5. The van der Waals surface area contributed by atoms with Crippen molar-refractivity contribution in [3.8, 4) is 0 Å². The number of ketones is 1. The Morgan fingerprint density at radius 3 is 2.80 bits per heavy atom. The molecule has 15 heavy (non-hydrogen) atoms. The molecule has 0 amide bonds. The van der Waals surface area contributed by atoms with Crippen molar-refractivity contribution < 1.29 is 19.2 Å². The molecule has 2 aliphatic heterocycles. The third kappa shape index (κ3) is 1.66. The van der Waals surface area contributed by atoms with Gasteiger partial charge in [-0.25, -0.2) is 4.79 Å². The molecule has 2 rings (SSSR count). The first kappa shape index (κ1) is 10.6. The fraction of sp³-hybridized carbons (Fsp3) is 0.800. The number of hydrogen-bond acceptors (Lipinski definition) is 5. The summed E-state index contributed by atoms with van der Waals surface area (Å²) in [6, 6.07) is 0.0617. The summed E-state index contributed by atoms with van der Waals surface area (Å²) in [5.74, 6) is -0.815. The van der Waals surface area contributed by atoms with E-state index >= 15 is 0 Å². The quantitative estimate of drug-likeness (QED) is 0.611. The molecule has 3 atom stereocenters. The second-order valence-corrected chi connectivity index (χ2v) is 4.04. The van der Waals surface area contributed by atoms with E-state index in [-0.39, 0.29) is 17.7 Å². The second kappa shape index (κ2) is 3.90. The molecule has 2 saturated heterocycles. The molecule has 2 fully saturated rings. The SMILES string of the molecule is COC(=O)[C@@H]1ON2CCC[C@@H]2[C@H]1C(C)=O. The van der Waals surface area contributed by atoms with Crippen LogP contribution in [0.15, 0.2) is 0 Å². The van der Waals surface area contributed by atoms with Crippen molar-refractivity contribution in [1.29, 1.82) is 0 Å². The van der Waals surface area contributed by atoms with Crippen LogP contribution in [-0.2, 0) is 19.2 Å². The minimum atomic E-state index is -0.738. The van der Waals surface area contributed by atoms with Crippen LogP contribution in [0.3, 0.4) is 0 Å². The van der Waals surface area contributed by atoms with Gasteiger partial charge in [0.1, 0.15) is 5.78 Å². The van der Waals surface area contributed by atoms with E-state index in [1.165, 1.54) is 14.0 Å². The lowest BCUT2D eigenvalue weighted by Gasteiger charge is -2.15. The van der Waals surface area contributed by atoms with Gasteiger partial charge in [0.15, 0.2) is 6.10 Å². The van der Waals surface area contributed by atoms with Gasteiger partial charge in [0.05, 0.1) is 13.0 Å². The van der Waals surface area contributed by atoms with Crippen molar-refractivity contribution in [2.45, 2.75) is 31.9 Å². The molecule has 0 bridgehead atoms. The number of ether oxygens (including phenoxy) is 1. The van der Waals surface area contributed by atoms with Gasteiger partial charge in [-0.15, -0.1) is 0 Å². The summed E-state index contributed by atoms with van der Waals surface area (Å²) < 4.78 is 4.64. The monoisotopic (exact) mass is 213 g/mol. The van der Waals surface area contributed by atoms with Crippen LogP contribution in [0.5, 0.6) is 0 Å². The highest BCUT2D eigenvalue weighted by Crippen LogP contribution is 2.36. The minimum absolute atomic E-state index is 0.000185. The van der Waals surface area contributed by atoms with Gasteiger partial charge in [-0.2, -0.15) is 5.06 Å². The molecule has 0 aliphatic carbocycles. The van der Waals surface area contributed by atoms with Crippen molar-refractivity contribution in [1.82, 2.24) is 5.06 Å². The van der Waals surface area contributed by atoms with Gasteiger partial charge < -0.3 is 4.74 Å². The van der Waals surface area contributed by atoms with E-state index in [4.69, 9.17) is 4.84 Å². The molecule has 0 spiro atoms. The smallest absolute Gasteiger partial charge is 0.337 e. The number of hydrogen-bond donors (Lipinski definition) is 0. The number of rotatable bonds is 2. The van der Waals surface area contributed by atoms with Crippen LogP contribution in [0.25, 0.3) is 0 Å². The van der Waals surface area contributed by atoms with E-state index in [9.17, 15) is 9.59 Å². The van der Waals surface area contributed by atoms with Gasteiger partial charge in [-0.1, -0.05) is 0 Å². The Kier molecular flexibility index (Phi) is 2.75. The Labute approximate surface area is 88.3 Å². The number of hydroxylamine groups is 2. The number of Topliss-reactive ketones (excluding diaryl/α,β-unsaturated/α-hetero) is 1. The van der Waals surface area contributed by atoms with Crippen LogP contribution < -0.4 is 0 Å². The zero-order chi connectivity index (χ0) is 11.0. The lowest BCUT2D eigenvalue weighted by molar-refractivity contribution is -0.182. The summed E-state index contributed by atoms with van der Waals surface area (Å²) in [6.45, 7) is 2.30. The zero-order valence-electron chi connectivity index (χ0n) is 8.93. The van der Waals surface area contributed by atoms with Gasteiger partial charge in [-0.3, -0.25) is 9.63 Å². The molecule has 5 heteroatoms. The van der Waals surface area contributed by atoms with Gasteiger partial charge >= 0.3 is 5.97 Å². The molecule has 0 aromatic heterocycles. The summed E-state index contributed by atoms with van der Waals surface area (Å²) in [4.78, 5) is 28.4. The van der Waals surface area contributed by atoms with Gasteiger partial charge in [-0.05, 0) is 19.8 Å². The average molecular weight is 213 g/mol. The van der Waals surface area contributed by atoms with Crippen molar-refractivity contribution in [2.75, 3.05) is 13.7 Å². The number of carbonyl (C=O) groups excluding carboxylic acids is 2. The molecule has 0 saturated carbocycles. The first-order chi connectivity index (χ1) is 7.15. The average Bonchev–Trinajstić information content (AvgIpc) is 2.73. The van der Waals surface area contributed by atoms with Gasteiger partial charge in [0.25, 0.3) is 0 Å². The number of fused-ring (bicyclic) bond motifs is 1. The van der Waals surface area contributed by atoms with Gasteiger partial charge in [0.2, 0.25) is 0 Å².